The Morgan fingerprint density at radius 3 is 2.70 bits per heavy atom. The number of nitrogens with zero attached hydrogens (tertiary/aromatic N) is 2. The molecule has 10 heteroatoms. The van der Waals surface area contributed by atoms with Gasteiger partial charge in [0.05, 0.1) is 12.2 Å². The molecule has 1 aromatic heterocycles. The number of rotatable bonds is 6. The average Bonchev–Trinajstić information content (AvgIpc) is 3.26. The molecule has 1 aliphatic heterocycles. The van der Waals surface area contributed by atoms with Crippen LogP contribution in [0.15, 0.2) is 52.0 Å². The van der Waals surface area contributed by atoms with Crippen LogP contribution in [-0.2, 0) is 9.59 Å². The Morgan fingerprint density at radius 2 is 2.04 bits per heavy atom. The van der Waals surface area contributed by atoms with Gasteiger partial charge in [-0.05, 0) is 29.1 Å². The number of thioether (sulfide) groups is 1. The summed E-state index contributed by atoms with van der Waals surface area (Å²) >= 11 is 2.65. The summed E-state index contributed by atoms with van der Waals surface area (Å²) in [4.78, 5) is 35.7. The molecular weight excluding hydrogens is 388 g/mol. The topological polar surface area (TPSA) is 123 Å². The number of nitrogens with one attached hydrogen (secondary N) is 2. The molecule has 138 valence electrons. The maximum Gasteiger partial charge on any atom is 0.240 e. The molecule has 0 saturated carbocycles. The summed E-state index contributed by atoms with van der Waals surface area (Å²) < 4.78 is 0. The number of carbonyl (C=O) groups is 3. The number of anilines is 1. The van der Waals surface area contributed by atoms with Gasteiger partial charge in [-0.2, -0.15) is 5.10 Å². The van der Waals surface area contributed by atoms with Crippen LogP contribution in [0.2, 0.25) is 0 Å². The third-order valence-corrected chi connectivity index (χ3v) is 5.31. The number of amidine groups is 1. The summed E-state index contributed by atoms with van der Waals surface area (Å²) in [6.07, 6.45) is 1.53. The van der Waals surface area contributed by atoms with Gasteiger partial charge in [-0.1, -0.05) is 30.0 Å². The summed E-state index contributed by atoms with van der Waals surface area (Å²) in [5.41, 5.74) is 0.450. The zero-order valence-electron chi connectivity index (χ0n) is 13.7. The van der Waals surface area contributed by atoms with Gasteiger partial charge >= 0.3 is 0 Å². The van der Waals surface area contributed by atoms with Gasteiger partial charge in [-0.15, -0.1) is 16.4 Å². The Morgan fingerprint density at radius 1 is 1.26 bits per heavy atom. The van der Waals surface area contributed by atoms with E-state index in [0.717, 1.165) is 16.6 Å². The predicted molar refractivity (Wildman–Crippen MR) is 103 cm³/mol. The van der Waals surface area contributed by atoms with Crippen molar-refractivity contribution in [3.05, 3.63) is 52.2 Å². The van der Waals surface area contributed by atoms with E-state index in [1.165, 1.54) is 35.6 Å². The quantitative estimate of drug-likeness (QED) is 0.553. The Kier molecular flexibility index (Phi) is 5.99. The first-order chi connectivity index (χ1) is 13.0. The molecule has 8 nitrogen and oxygen atoms in total. The second-order valence-electron chi connectivity index (χ2n) is 5.38. The highest BCUT2D eigenvalue weighted by molar-refractivity contribution is 8.15. The fourth-order valence-electron chi connectivity index (χ4n) is 2.16. The van der Waals surface area contributed by atoms with Crippen molar-refractivity contribution in [3.8, 4) is 0 Å². The van der Waals surface area contributed by atoms with Gasteiger partial charge in [-0.25, -0.2) is 0 Å². The van der Waals surface area contributed by atoms with Gasteiger partial charge in [0, 0.05) is 17.0 Å². The number of hydrogen-bond acceptors (Lipinski definition) is 8. The summed E-state index contributed by atoms with van der Waals surface area (Å²) in [5.74, 6) is -1.97. The smallest absolute Gasteiger partial charge is 0.240 e. The highest BCUT2D eigenvalue weighted by Gasteiger charge is 2.32. The number of hydrogen-bond donors (Lipinski definition) is 2. The highest BCUT2D eigenvalue weighted by Crippen LogP contribution is 2.23. The van der Waals surface area contributed by atoms with E-state index in [9.17, 15) is 19.5 Å². The molecule has 1 aromatic carbocycles. The minimum atomic E-state index is -1.29. The lowest BCUT2D eigenvalue weighted by Gasteiger charge is -2.08. The van der Waals surface area contributed by atoms with Gasteiger partial charge in [0.25, 0.3) is 0 Å². The molecule has 27 heavy (non-hydrogen) atoms. The lowest BCUT2D eigenvalue weighted by atomic mass is 10.2. The largest absolute Gasteiger partial charge is 0.545 e. The van der Waals surface area contributed by atoms with Gasteiger partial charge in [-0.3, -0.25) is 9.59 Å². The van der Waals surface area contributed by atoms with E-state index in [-0.39, 0.29) is 23.8 Å². The van der Waals surface area contributed by atoms with Gasteiger partial charge in [0.15, 0.2) is 5.17 Å². The summed E-state index contributed by atoms with van der Waals surface area (Å²) in [7, 11) is 0. The molecule has 1 aliphatic rings. The van der Waals surface area contributed by atoms with Crippen LogP contribution >= 0.6 is 23.1 Å². The lowest BCUT2D eigenvalue weighted by Crippen LogP contribution is -2.28. The van der Waals surface area contributed by atoms with Crippen LogP contribution in [0.3, 0.4) is 0 Å². The van der Waals surface area contributed by atoms with E-state index in [4.69, 9.17) is 0 Å². The minimum absolute atomic E-state index is 0.0164. The Hall–Kier alpha value is -2.98. The molecule has 1 saturated heterocycles. The number of carboxylic acids is 1. The molecule has 2 heterocycles. The SMILES string of the molecule is O=C(C[C@@H]1S/C(=N/N=C/c2cccs2)NC1=O)Nc1ccc(C(=O)[O-])cc1. The van der Waals surface area contributed by atoms with Gasteiger partial charge < -0.3 is 20.5 Å². The van der Waals surface area contributed by atoms with Crippen LogP contribution in [0.25, 0.3) is 0 Å². The van der Waals surface area contributed by atoms with Crippen LogP contribution in [0.1, 0.15) is 21.7 Å². The molecular formula is C17H13N4O4S2-. The molecule has 0 radical (unpaired) electrons. The second kappa shape index (κ2) is 8.60. The standard InChI is InChI=1S/C17H14N4O4S2/c22-14(19-11-5-3-10(4-6-11)16(24)25)8-13-15(23)20-17(27-13)21-18-9-12-2-1-7-26-12/h1-7,9,13H,8H2,(H,19,22)(H,24,25)(H,20,21,23)/p-1/b18-9+/t13-/m0/s1. The van der Waals surface area contributed by atoms with Crippen LogP contribution < -0.4 is 15.7 Å². The predicted octanol–water partition coefficient (Wildman–Crippen LogP) is 1.06. The molecule has 0 aliphatic carbocycles. The van der Waals surface area contributed by atoms with E-state index >= 15 is 0 Å². The van der Waals surface area contributed by atoms with E-state index in [1.807, 2.05) is 17.5 Å². The van der Waals surface area contributed by atoms with Crippen molar-refractivity contribution >= 4 is 58.0 Å². The number of carboxylic acid groups (broad SMARTS) is 1. The van der Waals surface area contributed by atoms with Crippen molar-refractivity contribution in [2.45, 2.75) is 11.7 Å². The fourth-order valence-corrected chi connectivity index (χ4v) is 3.66. The Balaban J connectivity index is 1.53. The van der Waals surface area contributed by atoms with E-state index in [0.29, 0.717) is 10.9 Å². The van der Waals surface area contributed by atoms with E-state index < -0.39 is 11.2 Å². The normalized spacial score (nSPS) is 18.0. The minimum Gasteiger partial charge on any atom is -0.545 e. The lowest BCUT2D eigenvalue weighted by molar-refractivity contribution is -0.255. The zero-order chi connectivity index (χ0) is 19.2. The van der Waals surface area contributed by atoms with Crippen molar-refractivity contribution in [1.82, 2.24) is 5.32 Å². The maximum atomic E-state index is 12.1. The number of amides is 2. The number of thiophene rings is 1. The maximum absolute atomic E-state index is 12.1. The van der Waals surface area contributed by atoms with Crippen LogP contribution in [0.5, 0.6) is 0 Å². The number of benzene rings is 1. The van der Waals surface area contributed by atoms with E-state index in [2.05, 4.69) is 20.8 Å². The van der Waals surface area contributed by atoms with Crippen LogP contribution in [-0.4, -0.2) is 34.4 Å². The summed E-state index contributed by atoms with van der Waals surface area (Å²) in [5, 5.41) is 25.4. The van der Waals surface area contributed by atoms with Gasteiger partial charge in [0.1, 0.15) is 5.25 Å². The molecule has 0 spiro atoms. The molecule has 3 rings (SSSR count). The zero-order valence-corrected chi connectivity index (χ0v) is 15.4. The third kappa shape index (κ3) is 5.25. The molecule has 2 N–H and O–H groups in total. The monoisotopic (exact) mass is 401 g/mol. The van der Waals surface area contributed by atoms with Crippen molar-refractivity contribution in [2.75, 3.05) is 5.32 Å². The van der Waals surface area contributed by atoms with E-state index in [1.54, 1.807) is 6.21 Å². The van der Waals surface area contributed by atoms with Crippen molar-refractivity contribution in [2.24, 2.45) is 10.2 Å². The molecule has 0 bridgehead atoms. The molecule has 1 fully saturated rings. The molecule has 0 unspecified atom stereocenters. The average molecular weight is 401 g/mol. The molecule has 2 amide bonds. The Labute approximate surface area is 162 Å². The summed E-state index contributed by atoms with van der Waals surface area (Å²) in [6.45, 7) is 0. The van der Waals surface area contributed by atoms with Crippen molar-refractivity contribution < 1.29 is 19.5 Å². The number of carbonyl (C=O) groups excluding carboxylic acids is 3. The molecule has 2 aromatic rings. The first-order valence-corrected chi connectivity index (χ1v) is 9.50. The van der Waals surface area contributed by atoms with Crippen LogP contribution in [0, 0.1) is 0 Å². The number of aromatic carboxylic acids is 1. The fraction of sp³-hybridized carbons (Fsp3) is 0.118. The second-order valence-corrected chi connectivity index (χ2v) is 7.55. The first kappa shape index (κ1) is 18.8. The van der Waals surface area contributed by atoms with Crippen LogP contribution in [0.4, 0.5) is 5.69 Å². The molecule has 1 atom stereocenters. The van der Waals surface area contributed by atoms with Crippen molar-refractivity contribution in [1.29, 1.82) is 0 Å². The van der Waals surface area contributed by atoms with Crippen molar-refractivity contribution in [3.63, 3.8) is 0 Å². The first-order valence-electron chi connectivity index (χ1n) is 7.74. The third-order valence-electron chi connectivity index (χ3n) is 3.43. The van der Waals surface area contributed by atoms with Gasteiger partial charge in [0.2, 0.25) is 11.8 Å². The Bertz CT molecular complexity index is 908. The summed E-state index contributed by atoms with van der Waals surface area (Å²) in [6, 6.07) is 9.36. The highest BCUT2D eigenvalue weighted by atomic mass is 32.2.